The Morgan fingerprint density at radius 1 is 0.786 bits per heavy atom. The van der Waals surface area contributed by atoms with Gasteiger partial charge in [-0.2, -0.15) is 0 Å². The van der Waals surface area contributed by atoms with Crippen LogP contribution in [0, 0.1) is 0 Å². The topological polar surface area (TPSA) is 52.6 Å². The zero-order chi connectivity index (χ0) is 19.9. The second kappa shape index (κ2) is 9.33. The van der Waals surface area contributed by atoms with E-state index in [-0.39, 0.29) is 30.3 Å². The first-order valence-electron chi connectivity index (χ1n) is 8.98. The quantitative estimate of drug-likeness (QED) is 0.456. The second-order valence-electron chi connectivity index (χ2n) is 6.42. The Labute approximate surface area is 168 Å². The van der Waals surface area contributed by atoms with Gasteiger partial charge in [-0.15, -0.1) is 11.3 Å². The molecule has 0 saturated carbocycles. The Hall–Kier alpha value is -2.92. The minimum absolute atomic E-state index is 0.0172. The molecule has 0 amide bonds. The van der Waals surface area contributed by atoms with Gasteiger partial charge in [-0.3, -0.25) is 9.59 Å². The molecule has 3 rings (SSSR count). The minimum Gasteiger partial charge on any atom is -0.497 e. The average Bonchev–Trinajstić information content (AvgIpc) is 3.28. The van der Waals surface area contributed by atoms with Crippen LogP contribution in [0.1, 0.15) is 44.4 Å². The molecule has 0 N–H and O–H groups in total. The summed E-state index contributed by atoms with van der Waals surface area (Å²) in [5.41, 5.74) is 1.25. The Morgan fingerprint density at radius 2 is 1.25 bits per heavy atom. The second-order valence-corrected chi connectivity index (χ2v) is 7.40. The molecule has 0 aliphatic heterocycles. The highest BCUT2D eigenvalue weighted by Gasteiger charge is 2.22. The highest BCUT2D eigenvalue weighted by Crippen LogP contribution is 2.31. The van der Waals surface area contributed by atoms with Crippen molar-refractivity contribution < 1.29 is 19.1 Å². The molecular weight excluding hydrogens is 372 g/mol. The lowest BCUT2D eigenvalue weighted by Crippen LogP contribution is -2.12. The van der Waals surface area contributed by atoms with Crippen LogP contribution < -0.4 is 9.47 Å². The van der Waals surface area contributed by atoms with E-state index in [2.05, 4.69) is 0 Å². The molecule has 28 heavy (non-hydrogen) atoms. The van der Waals surface area contributed by atoms with Gasteiger partial charge in [0.25, 0.3) is 0 Å². The number of Topliss-reactive ketones (excluding diaryl/α,β-unsaturated/α-hetero) is 2. The number of benzene rings is 2. The fourth-order valence-electron chi connectivity index (χ4n) is 3.03. The first kappa shape index (κ1) is 19.8. The maximum absolute atomic E-state index is 12.8. The van der Waals surface area contributed by atoms with Gasteiger partial charge in [0, 0.05) is 34.8 Å². The summed E-state index contributed by atoms with van der Waals surface area (Å²) in [6.07, 6.45) is 0.573. The summed E-state index contributed by atoms with van der Waals surface area (Å²) in [4.78, 5) is 26.6. The fourth-order valence-corrected chi connectivity index (χ4v) is 3.86. The van der Waals surface area contributed by atoms with Crippen LogP contribution in [-0.4, -0.2) is 25.8 Å². The van der Waals surface area contributed by atoms with Crippen LogP contribution in [0.5, 0.6) is 11.5 Å². The normalized spacial score (nSPS) is 10.7. The van der Waals surface area contributed by atoms with E-state index in [0.717, 1.165) is 4.88 Å². The number of thiophene rings is 1. The van der Waals surface area contributed by atoms with Gasteiger partial charge in [-0.05, 0) is 60.0 Å². The summed E-state index contributed by atoms with van der Waals surface area (Å²) in [7, 11) is 3.18. The zero-order valence-electron chi connectivity index (χ0n) is 15.9. The van der Waals surface area contributed by atoms with Crippen LogP contribution in [-0.2, 0) is 0 Å². The molecular formula is C23H22O4S. The molecule has 1 aromatic heterocycles. The van der Waals surface area contributed by atoms with E-state index < -0.39 is 0 Å². The number of ketones is 2. The predicted octanol–water partition coefficient (Wildman–Crippen LogP) is 5.39. The summed E-state index contributed by atoms with van der Waals surface area (Å²) in [6.45, 7) is 0. The van der Waals surface area contributed by atoms with E-state index in [9.17, 15) is 9.59 Å². The van der Waals surface area contributed by atoms with Gasteiger partial charge in [-0.1, -0.05) is 6.07 Å². The molecule has 0 radical (unpaired) electrons. The number of carbonyl (C=O) groups excluding carboxylic acids is 2. The van der Waals surface area contributed by atoms with Crippen molar-refractivity contribution in [2.24, 2.45) is 0 Å². The monoisotopic (exact) mass is 394 g/mol. The molecule has 0 fully saturated rings. The van der Waals surface area contributed by atoms with Gasteiger partial charge in [-0.25, -0.2) is 0 Å². The average molecular weight is 394 g/mol. The fraction of sp³-hybridized carbons (Fsp3) is 0.217. The molecule has 4 nitrogen and oxygen atoms in total. The first-order valence-corrected chi connectivity index (χ1v) is 9.86. The van der Waals surface area contributed by atoms with Crippen molar-refractivity contribution in [3.8, 4) is 11.5 Å². The van der Waals surface area contributed by atoms with Crippen LogP contribution in [0.4, 0.5) is 0 Å². The summed E-state index contributed by atoms with van der Waals surface area (Å²) in [5, 5.41) is 1.97. The van der Waals surface area contributed by atoms with Crippen molar-refractivity contribution in [3.63, 3.8) is 0 Å². The lowest BCUT2D eigenvalue weighted by molar-refractivity contribution is 0.0945. The molecule has 0 unspecified atom stereocenters. The Kier molecular flexibility index (Phi) is 6.61. The molecule has 0 atom stereocenters. The molecule has 144 valence electrons. The van der Waals surface area contributed by atoms with E-state index in [0.29, 0.717) is 22.6 Å². The highest BCUT2D eigenvalue weighted by atomic mass is 32.1. The van der Waals surface area contributed by atoms with Gasteiger partial charge in [0.05, 0.1) is 14.2 Å². The van der Waals surface area contributed by atoms with Crippen LogP contribution in [0.25, 0.3) is 0 Å². The van der Waals surface area contributed by atoms with Crippen molar-refractivity contribution in [1.29, 1.82) is 0 Å². The number of ether oxygens (including phenoxy) is 2. The van der Waals surface area contributed by atoms with Crippen LogP contribution in [0.3, 0.4) is 0 Å². The third-order valence-electron chi connectivity index (χ3n) is 4.63. The smallest absolute Gasteiger partial charge is 0.163 e. The van der Waals surface area contributed by atoms with E-state index in [1.165, 1.54) is 0 Å². The molecule has 0 saturated heterocycles. The van der Waals surface area contributed by atoms with Crippen molar-refractivity contribution in [2.45, 2.75) is 18.8 Å². The molecule has 0 aliphatic rings. The summed E-state index contributed by atoms with van der Waals surface area (Å²) in [6, 6.07) is 18.1. The van der Waals surface area contributed by atoms with Crippen LogP contribution in [0.15, 0.2) is 66.0 Å². The van der Waals surface area contributed by atoms with E-state index in [1.54, 1.807) is 74.1 Å². The summed E-state index contributed by atoms with van der Waals surface area (Å²) >= 11 is 1.57. The summed E-state index contributed by atoms with van der Waals surface area (Å²) in [5.74, 6) is 1.30. The SMILES string of the molecule is COc1ccc(C(=O)CC(CC(=O)c2ccc(OC)cc2)c2cccs2)cc1. The van der Waals surface area contributed by atoms with E-state index in [4.69, 9.17) is 9.47 Å². The summed E-state index contributed by atoms with van der Waals surface area (Å²) < 4.78 is 10.3. The van der Waals surface area contributed by atoms with Crippen LogP contribution in [0.2, 0.25) is 0 Å². The third kappa shape index (κ3) is 4.87. The van der Waals surface area contributed by atoms with Crippen LogP contribution >= 0.6 is 11.3 Å². The molecule has 3 aromatic rings. The molecule has 0 bridgehead atoms. The lowest BCUT2D eigenvalue weighted by atomic mass is 9.90. The molecule has 5 heteroatoms. The molecule has 2 aromatic carbocycles. The lowest BCUT2D eigenvalue weighted by Gasteiger charge is -2.15. The first-order chi connectivity index (χ1) is 13.6. The minimum atomic E-state index is -0.149. The Balaban J connectivity index is 1.75. The number of hydrogen-bond acceptors (Lipinski definition) is 5. The van der Waals surface area contributed by atoms with Gasteiger partial charge < -0.3 is 9.47 Å². The van der Waals surface area contributed by atoms with Crippen molar-refractivity contribution in [1.82, 2.24) is 0 Å². The Bertz CT molecular complexity index is 851. The van der Waals surface area contributed by atoms with E-state index >= 15 is 0 Å². The largest absolute Gasteiger partial charge is 0.497 e. The highest BCUT2D eigenvalue weighted by molar-refractivity contribution is 7.10. The van der Waals surface area contributed by atoms with E-state index in [1.807, 2.05) is 17.5 Å². The van der Waals surface area contributed by atoms with Crippen molar-refractivity contribution in [2.75, 3.05) is 14.2 Å². The van der Waals surface area contributed by atoms with Gasteiger partial charge in [0.2, 0.25) is 0 Å². The zero-order valence-corrected chi connectivity index (χ0v) is 16.7. The number of hydrogen-bond donors (Lipinski definition) is 0. The molecule has 1 heterocycles. The number of methoxy groups -OCH3 is 2. The predicted molar refractivity (Wildman–Crippen MR) is 111 cm³/mol. The number of carbonyl (C=O) groups is 2. The standard InChI is InChI=1S/C23H22O4S/c1-26-19-9-5-16(6-10-19)21(24)14-18(23-4-3-13-28-23)15-22(25)17-7-11-20(27-2)12-8-17/h3-13,18H,14-15H2,1-2H3. The molecule has 0 spiro atoms. The van der Waals surface area contributed by atoms with Gasteiger partial charge in [0.15, 0.2) is 11.6 Å². The maximum atomic E-state index is 12.8. The maximum Gasteiger partial charge on any atom is 0.163 e. The molecule has 0 aliphatic carbocycles. The Morgan fingerprint density at radius 3 is 1.61 bits per heavy atom. The van der Waals surface area contributed by atoms with Crippen molar-refractivity contribution in [3.05, 3.63) is 82.0 Å². The number of rotatable bonds is 9. The third-order valence-corrected chi connectivity index (χ3v) is 5.67. The van der Waals surface area contributed by atoms with Gasteiger partial charge in [0.1, 0.15) is 11.5 Å². The van der Waals surface area contributed by atoms with Crippen molar-refractivity contribution >= 4 is 22.9 Å². The van der Waals surface area contributed by atoms with Gasteiger partial charge >= 0.3 is 0 Å².